The van der Waals surface area contributed by atoms with E-state index in [1.165, 1.54) is 0 Å². The normalized spacial score (nSPS) is 10.6. The minimum Gasteiger partial charge on any atom is -0.497 e. The van der Waals surface area contributed by atoms with Gasteiger partial charge in [0.1, 0.15) is 5.75 Å². The Morgan fingerprint density at radius 2 is 2.11 bits per heavy atom. The molecule has 1 aromatic heterocycles. The van der Waals surface area contributed by atoms with Gasteiger partial charge in [-0.15, -0.1) is 0 Å². The van der Waals surface area contributed by atoms with E-state index in [4.69, 9.17) is 13.9 Å². The summed E-state index contributed by atoms with van der Waals surface area (Å²) in [6.07, 6.45) is 0.694. The number of hydrogen-bond donors (Lipinski definition) is 0. The summed E-state index contributed by atoms with van der Waals surface area (Å²) < 4.78 is 15.3. The lowest BCUT2D eigenvalue weighted by molar-refractivity contribution is 0.229. The van der Waals surface area contributed by atoms with Crippen molar-refractivity contribution in [1.82, 2.24) is 4.98 Å². The van der Waals surface area contributed by atoms with E-state index in [-0.39, 0.29) is 6.08 Å². The Labute approximate surface area is 104 Å². The van der Waals surface area contributed by atoms with E-state index in [1.807, 2.05) is 13.0 Å². The number of fused-ring (bicyclic) bond motifs is 1. The van der Waals surface area contributed by atoms with E-state index >= 15 is 0 Å². The highest BCUT2D eigenvalue weighted by molar-refractivity contribution is 5.82. The molecular weight excluding hydrogens is 234 g/mol. The maximum atomic E-state index is 11.9. The molecule has 5 nitrogen and oxygen atoms in total. The fraction of sp³-hybridized carbons (Fsp3) is 0.385. The molecular formula is C13H15NO4. The number of rotatable bonds is 4. The Morgan fingerprint density at radius 3 is 2.72 bits per heavy atom. The van der Waals surface area contributed by atoms with Crippen molar-refractivity contribution in [1.29, 1.82) is 0 Å². The van der Waals surface area contributed by atoms with Gasteiger partial charge in [0.25, 0.3) is 0 Å². The van der Waals surface area contributed by atoms with Crippen LogP contribution in [0.5, 0.6) is 11.8 Å². The summed E-state index contributed by atoms with van der Waals surface area (Å²) >= 11 is 0. The van der Waals surface area contributed by atoms with Crippen molar-refractivity contribution in [2.45, 2.75) is 20.3 Å². The first-order valence-electron chi connectivity index (χ1n) is 5.84. The molecule has 0 fully saturated rings. The predicted octanol–water partition coefficient (Wildman–Crippen LogP) is 2.16. The molecule has 5 heteroatoms. The van der Waals surface area contributed by atoms with E-state index in [0.717, 1.165) is 5.56 Å². The molecule has 2 aromatic rings. The molecule has 18 heavy (non-hydrogen) atoms. The van der Waals surface area contributed by atoms with E-state index < -0.39 is 5.63 Å². The molecule has 1 aromatic carbocycles. The van der Waals surface area contributed by atoms with E-state index in [1.54, 1.807) is 20.1 Å². The summed E-state index contributed by atoms with van der Waals surface area (Å²) in [6.45, 7) is 4.16. The molecule has 1 heterocycles. The molecule has 0 unspecified atom stereocenters. The van der Waals surface area contributed by atoms with Gasteiger partial charge in [-0.1, -0.05) is 6.92 Å². The average Bonchev–Trinajstić information content (AvgIpc) is 2.37. The first-order chi connectivity index (χ1) is 8.69. The van der Waals surface area contributed by atoms with Crippen molar-refractivity contribution in [3.05, 3.63) is 28.1 Å². The number of benzene rings is 1. The third-order valence-corrected chi connectivity index (χ3v) is 2.65. The molecule has 0 bridgehead atoms. The number of ether oxygens (including phenoxy) is 2. The first-order valence-corrected chi connectivity index (χ1v) is 5.84. The van der Waals surface area contributed by atoms with E-state index in [2.05, 4.69) is 4.98 Å². The van der Waals surface area contributed by atoms with Crippen molar-refractivity contribution in [2.24, 2.45) is 0 Å². The minimum absolute atomic E-state index is 0.00898. The summed E-state index contributed by atoms with van der Waals surface area (Å²) in [5.74, 6) is 0.667. The number of methoxy groups -OCH3 is 1. The number of nitrogens with zero attached hydrogens (tertiary/aromatic N) is 1. The second kappa shape index (κ2) is 5.08. The monoisotopic (exact) mass is 249 g/mol. The summed E-state index contributed by atoms with van der Waals surface area (Å²) in [7, 11) is 1.58. The Morgan fingerprint density at radius 1 is 1.33 bits per heavy atom. The van der Waals surface area contributed by atoms with Gasteiger partial charge in [-0.25, -0.2) is 4.79 Å². The van der Waals surface area contributed by atoms with Crippen LogP contribution in [0.15, 0.2) is 21.3 Å². The van der Waals surface area contributed by atoms with Crippen LogP contribution in [0.25, 0.3) is 10.9 Å². The summed E-state index contributed by atoms with van der Waals surface area (Å²) in [5.41, 5.74) is 0.961. The average molecular weight is 249 g/mol. The molecule has 0 saturated carbocycles. The molecule has 0 spiro atoms. The number of aromatic nitrogens is 1. The van der Waals surface area contributed by atoms with Crippen LogP contribution in [-0.4, -0.2) is 18.7 Å². The fourth-order valence-electron chi connectivity index (χ4n) is 1.81. The molecule has 96 valence electrons. The van der Waals surface area contributed by atoms with Gasteiger partial charge in [-0.05, 0) is 25.0 Å². The van der Waals surface area contributed by atoms with Crippen molar-refractivity contribution >= 4 is 10.9 Å². The molecule has 0 atom stereocenters. The van der Waals surface area contributed by atoms with Gasteiger partial charge < -0.3 is 13.9 Å². The molecule has 0 aliphatic heterocycles. The summed E-state index contributed by atoms with van der Waals surface area (Å²) in [5, 5.41) is 0.488. The van der Waals surface area contributed by atoms with Gasteiger partial charge >= 0.3 is 11.7 Å². The maximum Gasteiger partial charge on any atom is 0.397 e. The van der Waals surface area contributed by atoms with Gasteiger partial charge in [0.2, 0.25) is 0 Å². The lowest BCUT2D eigenvalue weighted by atomic mass is 10.1. The first kappa shape index (κ1) is 12.4. The molecule has 0 aliphatic carbocycles. The van der Waals surface area contributed by atoms with Crippen LogP contribution < -0.4 is 15.1 Å². The van der Waals surface area contributed by atoms with E-state index in [9.17, 15) is 4.79 Å². The van der Waals surface area contributed by atoms with Gasteiger partial charge in [0.15, 0.2) is 0 Å². The highest BCUT2D eigenvalue weighted by Crippen LogP contribution is 2.23. The van der Waals surface area contributed by atoms with Crippen LogP contribution in [0.3, 0.4) is 0 Å². The quantitative estimate of drug-likeness (QED) is 0.830. The lowest BCUT2D eigenvalue weighted by Gasteiger charge is -2.07. The number of aryl methyl sites for hydroxylation is 1. The third-order valence-electron chi connectivity index (χ3n) is 2.65. The molecule has 0 radical (unpaired) electrons. The Bertz CT molecular complexity index is 618. The van der Waals surface area contributed by atoms with Gasteiger partial charge in [0.05, 0.1) is 24.6 Å². The predicted molar refractivity (Wildman–Crippen MR) is 67.4 cm³/mol. The maximum absolute atomic E-state index is 11.9. The Balaban J connectivity index is 2.74. The highest BCUT2D eigenvalue weighted by Gasteiger charge is 2.12. The van der Waals surface area contributed by atoms with E-state index in [0.29, 0.717) is 29.7 Å². The van der Waals surface area contributed by atoms with Gasteiger partial charge in [-0.3, -0.25) is 0 Å². The number of hydrogen-bond acceptors (Lipinski definition) is 5. The van der Waals surface area contributed by atoms with Crippen LogP contribution in [0.2, 0.25) is 0 Å². The van der Waals surface area contributed by atoms with Crippen molar-refractivity contribution < 1.29 is 13.9 Å². The standard InChI is InChI=1S/C13H15NO4/c1-4-8-6-9(16-3)7-10-11(8)12(15)18-13(14-10)17-5-2/h6-7H,4-5H2,1-3H3. The highest BCUT2D eigenvalue weighted by atomic mass is 16.6. The van der Waals surface area contributed by atoms with Crippen LogP contribution in [0.1, 0.15) is 19.4 Å². The minimum atomic E-state index is -0.428. The zero-order chi connectivity index (χ0) is 13.1. The third kappa shape index (κ3) is 2.16. The molecule has 0 N–H and O–H groups in total. The Hall–Kier alpha value is -2.04. The van der Waals surface area contributed by atoms with Crippen molar-refractivity contribution in [3.63, 3.8) is 0 Å². The van der Waals surface area contributed by atoms with Crippen molar-refractivity contribution in [3.8, 4) is 11.8 Å². The zero-order valence-corrected chi connectivity index (χ0v) is 10.6. The smallest absolute Gasteiger partial charge is 0.397 e. The largest absolute Gasteiger partial charge is 0.497 e. The molecule has 0 amide bonds. The second-order valence-electron chi connectivity index (χ2n) is 3.73. The lowest BCUT2D eigenvalue weighted by Crippen LogP contribution is -2.07. The SMILES string of the molecule is CCOc1nc2cc(OC)cc(CC)c2c(=O)o1. The van der Waals surface area contributed by atoms with Crippen LogP contribution >= 0.6 is 0 Å². The molecule has 0 aliphatic rings. The molecule has 2 rings (SSSR count). The second-order valence-corrected chi connectivity index (χ2v) is 3.73. The Kier molecular flexibility index (Phi) is 3.50. The van der Waals surface area contributed by atoms with Crippen LogP contribution in [-0.2, 0) is 6.42 Å². The van der Waals surface area contributed by atoms with Crippen LogP contribution in [0.4, 0.5) is 0 Å². The van der Waals surface area contributed by atoms with Crippen LogP contribution in [0, 0.1) is 0 Å². The fourth-order valence-corrected chi connectivity index (χ4v) is 1.81. The van der Waals surface area contributed by atoms with Crippen molar-refractivity contribution in [2.75, 3.05) is 13.7 Å². The molecule has 0 saturated heterocycles. The summed E-state index contributed by atoms with van der Waals surface area (Å²) in [4.78, 5) is 16.1. The van der Waals surface area contributed by atoms with Gasteiger partial charge in [0, 0.05) is 6.07 Å². The zero-order valence-electron chi connectivity index (χ0n) is 10.6. The summed E-state index contributed by atoms with van der Waals surface area (Å²) in [6, 6.07) is 3.52. The van der Waals surface area contributed by atoms with Gasteiger partial charge in [-0.2, -0.15) is 4.98 Å². The topological polar surface area (TPSA) is 61.6 Å².